The molecule has 0 saturated carbocycles. The molecule has 2 amide bonds. The van der Waals surface area contributed by atoms with Gasteiger partial charge in [-0.25, -0.2) is 4.79 Å². The van der Waals surface area contributed by atoms with Crippen LogP contribution in [-0.4, -0.2) is 43.3 Å². The van der Waals surface area contributed by atoms with Crippen molar-refractivity contribution in [1.82, 2.24) is 10.6 Å². The molecular formula is C17H24N2O5. The van der Waals surface area contributed by atoms with Crippen LogP contribution < -0.4 is 10.6 Å². The summed E-state index contributed by atoms with van der Waals surface area (Å²) < 4.78 is 9.66. The normalized spacial score (nSPS) is 12.0. The molecule has 0 unspecified atom stereocenters. The lowest BCUT2D eigenvalue weighted by Crippen LogP contribution is -2.50. The van der Waals surface area contributed by atoms with Gasteiger partial charge in [-0.05, 0) is 26.3 Å². The van der Waals surface area contributed by atoms with Crippen molar-refractivity contribution < 1.29 is 23.9 Å². The number of amides is 2. The molecular weight excluding hydrogens is 312 g/mol. The molecule has 2 N–H and O–H groups in total. The van der Waals surface area contributed by atoms with E-state index in [1.165, 1.54) is 7.11 Å². The number of hydrogen-bond acceptors (Lipinski definition) is 5. The lowest BCUT2D eigenvalue weighted by atomic mass is 10.1. The third-order valence-corrected chi connectivity index (χ3v) is 2.92. The highest BCUT2D eigenvalue weighted by molar-refractivity contribution is 5.88. The molecule has 1 rings (SSSR count). The molecule has 24 heavy (non-hydrogen) atoms. The first-order valence-corrected chi connectivity index (χ1v) is 7.59. The zero-order valence-electron chi connectivity index (χ0n) is 14.4. The van der Waals surface area contributed by atoms with E-state index in [0.717, 1.165) is 5.56 Å². The Hall–Kier alpha value is -2.57. The number of hydrogen-bond donors (Lipinski definition) is 2. The molecule has 0 bridgehead atoms. The maximum atomic E-state index is 12.3. The van der Waals surface area contributed by atoms with E-state index >= 15 is 0 Å². The molecule has 1 aromatic carbocycles. The molecule has 7 heteroatoms. The predicted octanol–water partition coefficient (Wildman–Crippen LogP) is 1.41. The lowest BCUT2D eigenvalue weighted by molar-refractivity contribution is -0.141. The Morgan fingerprint density at radius 1 is 1.12 bits per heavy atom. The summed E-state index contributed by atoms with van der Waals surface area (Å²) in [5.74, 6) is -1.06. The highest BCUT2D eigenvalue weighted by Crippen LogP contribution is 2.08. The van der Waals surface area contributed by atoms with E-state index in [2.05, 4.69) is 15.4 Å². The molecule has 0 aliphatic rings. The number of ether oxygens (including phenoxy) is 2. The second-order valence-electron chi connectivity index (χ2n) is 6.18. The largest absolute Gasteiger partial charge is 0.468 e. The number of rotatable bonds is 6. The van der Waals surface area contributed by atoms with Crippen molar-refractivity contribution in [3.8, 4) is 0 Å². The summed E-state index contributed by atoms with van der Waals surface area (Å²) in [6.45, 7) is 4.93. The third-order valence-electron chi connectivity index (χ3n) is 2.92. The number of carbonyl (C=O) groups excluding carboxylic acids is 3. The SMILES string of the molecule is COC(=O)CNC(=O)[C@H](Cc1ccccc1)NC(=O)OC(C)(C)C. The van der Waals surface area contributed by atoms with Gasteiger partial charge in [-0.3, -0.25) is 9.59 Å². The lowest BCUT2D eigenvalue weighted by Gasteiger charge is -2.23. The van der Waals surface area contributed by atoms with Gasteiger partial charge in [0.1, 0.15) is 18.2 Å². The van der Waals surface area contributed by atoms with Gasteiger partial charge in [-0.15, -0.1) is 0 Å². The van der Waals surface area contributed by atoms with Crippen LogP contribution in [0.2, 0.25) is 0 Å². The summed E-state index contributed by atoms with van der Waals surface area (Å²) in [6, 6.07) is 8.36. The number of benzene rings is 1. The Morgan fingerprint density at radius 2 is 1.75 bits per heavy atom. The highest BCUT2D eigenvalue weighted by Gasteiger charge is 2.25. The Bertz CT molecular complexity index is 566. The Balaban J connectivity index is 2.76. The smallest absolute Gasteiger partial charge is 0.408 e. The second kappa shape index (κ2) is 8.90. The van der Waals surface area contributed by atoms with Crippen LogP contribution in [0.4, 0.5) is 4.79 Å². The van der Waals surface area contributed by atoms with Crippen molar-refractivity contribution >= 4 is 18.0 Å². The first-order valence-electron chi connectivity index (χ1n) is 7.59. The number of nitrogens with one attached hydrogen (secondary N) is 2. The zero-order valence-corrected chi connectivity index (χ0v) is 14.4. The van der Waals surface area contributed by atoms with Crippen LogP contribution in [0.5, 0.6) is 0 Å². The number of esters is 1. The van der Waals surface area contributed by atoms with E-state index in [-0.39, 0.29) is 13.0 Å². The molecule has 0 spiro atoms. The highest BCUT2D eigenvalue weighted by atomic mass is 16.6. The summed E-state index contributed by atoms with van der Waals surface area (Å²) >= 11 is 0. The van der Waals surface area contributed by atoms with E-state index in [4.69, 9.17) is 4.74 Å². The minimum absolute atomic E-state index is 0.267. The van der Waals surface area contributed by atoms with Crippen molar-refractivity contribution in [3.63, 3.8) is 0 Å². The van der Waals surface area contributed by atoms with Crippen molar-refractivity contribution in [2.75, 3.05) is 13.7 Å². The number of carbonyl (C=O) groups is 3. The first-order chi connectivity index (χ1) is 11.2. The van der Waals surface area contributed by atoms with Gasteiger partial charge in [0, 0.05) is 6.42 Å². The topological polar surface area (TPSA) is 93.7 Å². The minimum Gasteiger partial charge on any atom is -0.468 e. The molecule has 1 aromatic rings. The van der Waals surface area contributed by atoms with Crippen molar-refractivity contribution in [3.05, 3.63) is 35.9 Å². The standard InChI is InChI=1S/C17H24N2O5/c1-17(2,3)24-16(22)19-13(10-12-8-6-5-7-9-12)15(21)18-11-14(20)23-4/h5-9,13H,10-11H2,1-4H3,(H,18,21)(H,19,22)/t13-/m0/s1. The molecule has 1 atom stereocenters. The second-order valence-corrected chi connectivity index (χ2v) is 6.18. The fourth-order valence-corrected chi connectivity index (χ4v) is 1.86. The van der Waals surface area contributed by atoms with Crippen LogP contribution >= 0.6 is 0 Å². The van der Waals surface area contributed by atoms with Gasteiger partial charge < -0.3 is 20.1 Å². The zero-order chi connectivity index (χ0) is 18.2. The van der Waals surface area contributed by atoms with Crippen molar-refractivity contribution in [2.24, 2.45) is 0 Å². The molecule has 0 radical (unpaired) electrons. The molecule has 0 saturated heterocycles. The van der Waals surface area contributed by atoms with Gasteiger partial charge in [0.25, 0.3) is 0 Å². The molecule has 0 aromatic heterocycles. The van der Waals surface area contributed by atoms with E-state index in [1.807, 2.05) is 30.3 Å². The molecule has 7 nitrogen and oxygen atoms in total. The molecule has 0 aliphatic carbocycles. The summed E-state index contributed by atoms with van der Waals surface area (Å²) in [6.07, 6.45) is -0.427. The van der Waals surface area contributed by atoms with E-state index in [0.29, 0.717) is 0 Å². The van der Waals surface area contributed by atoms with Gasteiger partial charge in [0.15, 0.2) is 0 Å². The summed E-state index contributed by atoms with van der Waals surface area (Å²) in [4.78, 5) is 35.4. The minimum atomic E-state index is -0.869. The molecule has 132 valence electrons. The Morgan fingerprint density at radius 3 is 2.29 bits per heavy atom. The van der Waals surface area contributed by atoms with Crippen LogP contribution in [0.15, 0.2) is 30.3 Å². The van der Waals surface area contributed by atoms with Crippen LogP contribution in [0, 0.1) is 0 Å². The molecule has 0 heterocycles. The van der Waals surface area contributed by atoms with Crippen LogP contribution in [0.3, 0.4) is 0 Å². The van der Waals surface area contributed by atoms with Gasteiger partial charge >= 0.3 is 12.1 Å². The van der Waals surface area contributed by atoms with Gasteiger partial charge in [-0.1, -0.05) is 30.3 Å². The van der Waals surface area contributed by atoms with E-state index in [9.17, 15) is 14.4 Å². The average Bonchev–Trinajstić information content (AvgIpc) is 2.50. The third kappa shape index (κ3) is 7.62. The number of alkyl carbamates (subject to hydrolysis) is 1. The summed E-state index contributed by atoms with van der Waals surface area (Å²) in [7, 11) is 1.23. The summed E-state index contributed by atoms with van der Waals surface area (Å²) in [5, 5.41) is 4.98. The van der Waals surface area contributed by atoms with E-state index < -0.39 is 29.6 Å². The Kier molecular flexibility index (Phi) is 7.23. The van der Waals surface area contributed by atoms with Gasteiger partial charge in [0.05, 0.1) is 7.11 Å². The van der Waals surface area contributed by atoms with Crippen molar-refractivity contribution in [2.45, 2.75) is 38.8 Å². The summed E-state index contributed by atoms with van der Waals surface area (Å²) in [5.41, 5.74) is 0.191. The first kappa shape index (κ1) is 19.5. The average molecular weight is 336 g/mol. The molecule has 0 aliphatic heterocycles. The monoisotopic (exact) mass is 336 g/mol. The Labute approximate surface area is 141 Å². The fraction of sp³-hybridized carbons (Fsp3) is 0.471. The molecule has 0 fully saturated rings. The van der Waals surface area contributed by atoms with Gasteiger partial charge in [-0.2, -0.15) is 0 Å². The predicted molar refractivity (Wildman–Crippen MR) is 88.3 cm³/mol. The maximum Gasteiger partial charge on any atom is 0.408 e. The van der Waals surface area contributed by atoms with Gasteiger partial charge in [0.2, 0.25) is 5.91 Å². The quantitative estimate of drug-likeness (QED) is 0.766. The number of methoxy groups -OCH3 is 1. The van der Waals surface area contributed by atoms with Crippen LogP contribution in [0.25, 0.3) is 0 Å². The van der Waals surface area contributed by atoms with Crippen molar-refractivity contribution in [1.29, 1.82) is 0 Å². The maximum absolute atomic E-state index is 12.3. The van der Waals surface area contributed by atoms with Crippen LogP contribution in [0.1, 0.15) is 26.3 Å². The van der Waals surface area contributed by atoms with E-state index in [1.54, 1.807) is 20.8 Å². The van der Waals surface area contributed by atoms with Crippen LogP contribution in [-0.2, 0) is 25.5 Å². The fourth-order valence-electron chi connectivity index (χ4n) is 1.86.